The summed E-state index contributed by atoms with van der Waals surface area (Å²) in [6, 6.07) is 12.5. The minimum absolute atomic E-state index is 0.134. The van der Waals surface area contributed by atoms with Crippen LogP contribution in [-0.4, -0.2) is 7.11 Å². The first-order valence-electron chi connectivity index (χ1n) is 6.51. The van der Waals surface area contributed by atoms with Crippen molar-refractivity contribution in [3.05, 3.63) is 42.0 Å². The normalized spacial score (nSPS) is 17.4. The lowest BCUT2D eigenvalue weighted by Crippen LogP contribution is -2.16. The van der Waals surface area contributed by atoms with Crippen LogP contribution in [-0.2, 0) is 0 Å². The Kier molecular flexibility index (Phi) is 3.17. The summed E-state index contributed by atoms with van der Waals surface area (Å²) in [7, 11) is 1.71. The van der Waals surface area contributed by atoms with Gasteiger partial charge in [-0.2, -0.15) is 0 Å². The van der Waals surface area contributed by atoms with Gasteiger partial charge in [-0.05, 0) is 35.8 Å². The van der Waals surface area contributed by atoms with Crippen molar-refractivity contribution in [2.24, 2.45) is 5.92 Å². The molecule has 0 aromatic heterocycles. The molecular formula is C16H17ClO. The van der Waals surface area contributed by atoms with Crippen molar-refractivity contribution in [2.75, 3.05) is 7.11 Å². The van der Waals surface area contributed by atoms with Gasteiger partial charge in [-0.15, -0.1) is 11.6 Å². The molecule has 3 rings (SSSR count). The smallest absolute Gasteiger partial charge is 0.126 e. The van der Waals surface area contributed by atoms with E-state index >= 15 is 0 Å². The molecule has 0 heterocycles. The summed E-state index contributed by atoms with van der Waals surface area (Å²) in [5, 5.41) is 2.51. The zero-order valence-corrected chi connectivity index (χ0v) is 11.3. The number of benzene rings is 2. The topological polar surface area (TPSA) is 9.23 Å². The van der Waals surface area contributed by atoms with Gasteiger partial charge in [0.2, 0.25) is 0 Å². The Labute approximate surface area is 113 Å². The Morgan fingerprint density at radius 1 is 1.11 bits per heavy atom. The monoisotopic (exact) mass is 260 g/mol. The Balaban J connectivity index is 2.12. The molecule has 94 valence electrons. The molecule has 0 N–H and O–H groups in total. The Bertz CT molecular complexity index is 560. The third-order valence-electron chi connectivity index (χ3n) is 4.00. The van der Waals surface area contributed by atoms with E-state index in [1.54, 1.807) is 7.11 Å². The third kappa shape index (κ3) is 1.87. The standard InChI is InChI=1S/C16H17ClO/c1-18-15-10-9-14(16(17)11-5-4-6-11)12-7-2-3-8-13(12)15/h2-3,7-11,16H,4-6H2,1H3. The van der Waals surface area contributed by atoms with Crippen LogP contribution in [0.5, 0.6) is 5.75 Å². The average molecular weight is 261 g/mol. The van der Waals surface area contributed by atoms with Crippen molar-refractivity contribution < 1.29 is 4.74 Å². The maximum absolute atomic E-state index is 6.64. The van der Waals surface area contributed by atoms with E-state index in [0.717, 1.165) is 11.1 Å². The van der Waals surface area contributed by atoms with Crippen LogP contribution in [0.1, 0.15) is 30.2 Å². The second-order valence-corrected chi connectivity index (χ2v) is 5.47. The van der Waals surface area contributed by atoms with Crippen LogP contribution in [0.15, 0.2) is 36.4 Å². The fourth-order valence-electron chi connectivity index (χ4n) is 2.70. The van der Waals surface area contributed by atoms with Crippen molar-refractivity contribution in [2.45, 2.75) is 24.6 Å². The summed E-state index contributed by atoms with van der Waals surface area (Å²) in [4.78, 5) is 0. The Morgan fingerprint density at radius 2 is 1.83 bits per heavy atom. The molecule has 1 nitrogen and oxygen atoms in total. The van der Waals surface area contributed by atoms with E-state index in [9.17, 15) is 0 Å². The summed E-state index contributed by atoms with van der Waals surface area (Å²) in [5.41, 5.74) is 1.25. The maximum atomic E-state index is 6.64. The van der Waals surface area contributed by atoms with E-state index in [2.05, 4.69) is 24.3 Å². The summed E-state index contributed by atoms with van der Waals surface area (Å²) in [5.74, 6) is 1.57. The summed E-state index contributed by atoms with van der Waals surface area (Å²) >= 11 is 6.64. The molecule has 0 radical (unpaired) electrons. The predicted molar refractivity (Wildman–Crippen MR) is 76.4 cm³/mol. The van der Waals surface area contributed by atoms with Gasteiger partial charge in [-0.25, -0.2) is 0 Å². The second kappa shape index (κ2) is 4.81. The molecule has 1 aliphatic carbocycles. The first-order chi connectivity index (χ1) is 8.81. The lowest BCUT2D eigenvalue weighted by atomic mass is 9.79. The van der Waals surface area contributed by atoms with Crippen molar-refractivity contribution in [3.63, 3.8) is 0 Å². The van der Waals surface area contributed by atoms with Gasteiger partial charge < -0.3 is 4.74 Å². The highest BCUT2D eigenvalue weighted by Crippen LogP contribution is 2.44. The number of hydrogen-bond donors (Lipinski definition) is 0. The molecule has 1 unspecified atom stereocenters. The van der Waals surface area contributed by atoms with E-state index in [0.29, 0.717) is 5.92 Å². The average Bonchev–Trinajstić information content (AvgIpc) is 2.35. The van der Waals surface area contributed by atoms with Crippen LogP contribution in [0.3, 0.4) is 0 Å². The zero-order chi connectivity index (χ0) is 12.5. The van der Waals surface area contributed by atoms with Crippen LogP contribution >= 0.6 is 11.6 Å². The molecule has 0 aliphatic heterocycles. The molecule has 2 aromatic carbocycles. The number of fused-ring (bicyclic) bond motifs is 1. The largest absolute Gasteiger partial charge is 0.496 e. The summed E-state index contributed by atoms with van der Waals surface area (Å²) < 4.78 is 5.42. The molecule has 0 bridgehead atoms. The summed E-state index contributed by atoms with van der Waals surface area (Å²) in [6.07, 6.45) is 3.84. The molecule has 0 amide bonds. The van der Waals surface area contributed by atoms with Gasteiger partial charge in [0, 0.05) is 5.39 Å². The number of ether oxygens (including phenoxy) is 1. The maximum Gasteiger partial charge on any atom is 0.126 e. The van der Waals surface area contributed by atoms with Crippen molar-refractivity contribution in [3.8, 4) is 5.75 Å². The van der Waals surface area contributed by atoms with Gasteiger partial charge in [0.1, 0.15) is 5.75 Å². The molecular weight excluding hydrogens is 244 g/mol. The SMILES string of the molecule is COc1ccc(C(Cl)C2CCC2)c2ccccc12. The third-order valence-corrected chi connectivity index (χ3v) is 4.59. The molecule has 0 spiro atoms. The fraction of sp³-hybridized carbons (Fsp3) is 0.375. The number of alkyl halides is 1. The number of rotatable bonds is 3. The van der Waals surface area contributed by atoms with Crippen LogP contribution in [0.25, 0.3) is 10.8 Å². The molecule has 1 saturated carbocycles. The highest BCUT2D eigenvalue weighted by molar-refractivity contribution is 6.22. The molecule has 18 heavy (non-hydrogen) atoms. The van der Waals surface area contributed by atoms with Gasteiger partial charge in [-0.3, -0.25) is 0 Å². The quantitative estimate of drug-likeness (QED) is 0.711. The lowest BCUT2D eigenvalue weighted by Gasteiger charge is -2.30. The molecule has 1 fully saturated rings. The molecule has 2 heteroatoms. The molecule has 1 atom stereocenters. The Hall–Kier alpha value is -1.21. The highest BCUT2D eigenvalue weighted by Gasteiger charge is 2.28. The van der Waals surface area contributed by atoms with Gasteiger partial charge >= 0.3 is 0 Å². The number of methoxy groups -OCH3 is 1. The van der Waals surface area contributed by atoms with Crippen LogP contribution in [0.4, 0.5) is 0 Å². The van der Waals surface area contributed by atoms with Gasteiger partial charge in [-0.1, -0.05) is 36.8 Å². The highest BCUT2D eigenvalue weighted by atomic mass is 35.5. The van der Waals surface area contributed by atoms with E-state index < -0.39 is 0 Å². The first kappa shape index (κ1) is 11.9. The predicted octanol–water partition coefficient (Wildman–Crippen LogP) is 4.93. The molecule has 1 aliphatic rings. The van der Waals surface area contributed by atoms with E-state index in [-0.39, 0.29) is 5.38 Å². The first-order valence-corrected chi connectivity index (χ1v) is 6.94. The molecule has 0 saturated heterocycles. The fourth-order valence-corrected chi connectivity index (χ4v) is 3.14. The number of hydrogen-bond acceptors (Lipinski definition) is 1. The number of halogens is 1. The van der Waals surface area contributed by atoms with Crippen molar-refractivity contribution in [1.29, 1.82) is 0 Å². The lowest BCUT2D eigenvalue weighted by molar-refractivity contribution is 0.306. The van der Waals surface area contributed by atoms with E-state index in [1.807, 2.05) is 12.1 Å². The minimum Gasteiger partial charge on any atom is -0.496 e. The van der Waals surface area contributed by atoms with E-state index in [4.69, 9.17) is 16.3 Å². The van der Waals surface area contributed by atoms with Gasteiger partial charge in [0.05, 0.1) is 12.5 Å². The van der Waals surface area contributed by atoms with Crippen LogP contribution in [0.2, 0.25) is 0 Å². The second-order valence-electron chi connectivity index (χ2n) is 5.00. The van der Waals surface area contributed by atoms with Crippen LogP contribution < -0.4 is 4.74 Å². The van der Waals surface area contributed by atoms with Gasteiger partial charge in [0.25, 0.3) is 0 Å². The zero-order valence-electron chi connectivity index (χ0n) is 10.5. The van der Waals surface area contributed by atoms with Crippen molar-refractivity contribution >= 4 is 22.4 Å². The minimum atomic E-state index is 0.134. The van der Waals surface area contributed by atoms with E-state index in [1.165, 1.54) is 30.2 Å². The van der Waals surface area contributed by atoms with Crippen LogP contribution in [0, 0.1) is 5.92 Å². The Morgan fingerprint density at radius 3 is 2.44 bits per heavy atom. The van der Waals surface area contributed by atoms with Gasteiger partial charge in [0.15, 0.2) is 0 Å². The van der Waals surface area contributed by atoms with Crippen molar-refractivity contribution in [1.82, 2.24) is 0 Å². The summed E-state index contributed by atoms with van der Waals surface area (Å²) in [6.45, 7) is 0. The molecule has 2 aromatic rings.